The van der Waals surface area contributed by atoms with Crippen LogP contribution in [0.5, 0.6) is 0 Å². The van der Waals surface area contributed by atoms with Crippen LogP contribution in [-0.4, -0.2) is 179 Å². The molecule has 0 saturated carbocycles. The number of aromatic nitrogens is 3. The van der Waals surface area contributed by atoms with Crippen molar-refractivity contribution in [1.82, 2.24) is 30.9 Å². The molecule has 0 bridgehead atoms. The largest absolute Gasteiger partial charge is 0.477 e. The second-order valence-electron chi connectivity index (χ2n) is 17.7. The fraction of sp³-hybridized carbons (Fsp3) is 0.739. The SMILES string of the molecule is CC(C)(C)OC(=O)NCCCOCCCOCCCOCCCOCc1cn(CCCCCCO[C@]2(C(=O)O)C[C@H](O)[C@@H](NC(=O)CO)[C@H]([C@H](O)[C@H](O)CNC(=O)Cc3ccc(C(F)F)cc3)O2)nn1. The molecule has 1 saturated heterocycles. The van der Waals surface area contributed by atoms with Crippen molar-refractivity contribution >= 4 is 23.9 Å². The van der Waals surface area contributed by atoms with Crippen molar-refractivity contribution in [2.45, 2.75) is 146 Å². The van der Waals surface area contributed by atoms with Crippen LogP contribution in [0.3, 0.4) is 0 Å². The molecule has 398 valence electrons. The van der Waals surface area contributed by atoms with Gasteiger partial charge in [-0.1, -0.05) is 42.3 Å². The van der Waals surface area contributed by atoms with Crippen LogP contribution in [0.1, 0.15) is 102 Å². The number of carboxylic acids is 1. The minimum atomic E-state index is -2.68. The van der Waals surface area contributed by atoms with Gasteiger partial charge in [0.15, 0.2) is 0 Å². The van der Waals surface area contributed by atoms with Gasteiger partial charge in [-0.05, 0) is 64.9 Å². The Labute approximate surface area is 407 Å². The lowest BCUT2D eigenvalue weighted by Gasteiger charge is -2.46. The van der Waals surface area contributed by atoms with Crippen LogP contribution in [0.4, 0.5) is 13.6 Å². The first-order chi connectivity index (χ1) is 33.4. The van der Waals surface area contributed by atoms with Gasteiger partial charge in [0.05, 0.1) is 44.1 Å². The molecule has 0 spiro atoms. The number of nitrogens with one attached hydrogen (secondary N) is 3. The second-order valence-corrected chi connectivity index (χ2v) is 17.7. The lowest BCUT2D eigenvalue weighted by atomic mass is 9.88. The maximum Gasteiger partial charge on any atom is 0.407 e. The third kappa shape index (κ3) is 23.6. The molecule has 1 aliphatic heterocycles. The van der Waals surface area contributed by atoms with Crippen molar-refractivity contribution in [2.24, 2.45) is 0 Å². The number of rotatable bonds is 36. The molecule has 8 N–H and O–H groups in total. The van der Waals surface area contributed by atoms with Crippen molar-refractivity contribution in [3.8, 4) is 0 Å². The number of ether oxygens (including phenoxy) is 7. The average Bonchev–Trinajstić information content (AvgIpc) is 3.77. The van der Waals surface area contributed by atoms with Gasteiger partial charge in [-0.15, -0.1) is 5.10 Å². The molecule has 6 atom stereocenters. The Hall–Kier alpha value is -4.50. The highest BCUT2D eigenvalue weighted by Gasteiger charge is 2.55. The summed E-state index contributed by atoms with van der Waals surface area (Å²) in [7, 11) is 0. The number of hydrogen-bond donors (Lipinski definition) is 8. The van der Waals surface area contributed by atoms with Crippen LogP contribution in [0.2, 0.25) is 0 Å². The topological polar surface area (TPSA) is 301 Å². The Bertz CT molecular complexity index is 1810. The molecule has 24 heteroatoms. The molecule has 70 heavy (non-hydrogen) atoms. The van der Waals surface area contributed by atoms with Crippen molar-refractivity contribution in [1.29, 1.82) is 0 Å². The molecule has 2 heterocycles. The summed E-state index contributed by atoms with van der Waals surface area (Å²) in [5.41, 5.74) is 0.337. The number of amides is 3. The molecule has 22 nitrogen and oxygen atoms in total. The number of hydrogen-bond acceptors (Lipinski definition) is 17. The Balaban J connectivity index is 1.26. The van der Waals surface area contributed by atoms with Crippen LogP contribution >= 0.6 is 0 Å². The van der Waals surface area contributed by atoms with E-state index in [0.717, 1.165) is 19.3 Å². The fourth-order valence-corrected chi connectivity index (χ4v) is 6.97. The highest BCUT2D eigenvalue weighted by atomic mass is 19.3. The first-order valence-electron chi connectivity index (χ1n) is 23.7. The molecule has 0 aliphatic carbocycles. The van der Waals surface area contributed by atoms with E-state index in [9.17, 15) is 53.5 Å². The van der Waals surface area contributed by atoms with E-state index in [1.807, 2.05) is 20.8 Å². The number of aliphatic hydroxyl groups is 4. The zero-order valence-corrected chi connectivity index (χ0v) is 40.4. The van der Waals surface area contributed by atoms with E-state index in [-0.39, 0.29) is 18.6 Å². The molecule has 1 aromatic carbocycles. The molecule has 3 rings (SSSR count). The predicted molar refractivity (Wildman–Crippen MR) is 244 cm³/mol. The number of carboxylic acid groups (broad SMARTS) is 1. The van der Waals surface area contributed by atoms with E-state index in [2.05, 4.69) is 26.3 Å². The van der Waals surface area contributed by atoms with E-state index in [0.29, 0.717) is 109 Å². The van der Waals surface area contributed by atoms with Gasteiger partial charge in [-0.3, -0.25) is 14.3 Å². The monoisotopic (exact) mass is 1000 g/mol. The number of alkyl halides is 2. The van der Waals surface area contributed by atoms with Gasteiger partial charge < -0.3 is 74.6 Å². The number of aryl methyl sites for hydroxylation is 1. The number of carbonyl (C=O) groups is 4. The summed E-state index contributed by atoms with van der Waals surface area (Å²) in [6, 6.07) is 3.54. The van der Waals surface area contributed by atoms with Crippen molar-refractivity contribution in [3.63, 3.8) is 0 Å². The summed E-state index contributed by atoms with van der Waals surface area (Å²) in [6.07, 6.45) is -4.11. The van der Waals surface area contributed by atoms with Gasteiger partial charge in [0, 0.05) is 77.9 Å². The van der Waals surface area contributed by atoms with Gasteiger partial charge in [0.25, 0.3) is 12.2 Å². The van der Waals surface area contributed by atoms with Crippen LogP contribution in [0.15, 0.2) is 30.5 Å². The van der Waals surface area contributed by atoms with Gasteiger partial charge in [0.1, 0.15) is 30.1 Å². The number of carbonyl (C=O) groups excluding carboxylic acids is 3. The average molecular weight is 1010 g/mol. The molecule has 0 unspecified atom stereocenters. The van der Waals surface area contributed by atoms with E-state index in [1.54, 1.807) is 10.9 Å². The van der Waals surface area contributed by atoms with Gasteiger partial charge in [0.2, 0.25) is 11.8 Å². The molecule has 1 aromatic heterocycles. The quantitative estimate of drug-likeness (QED) is 0.0453. The smallest absolute Gasteiger partial charge is 0.407 e. The van der Waals surface area contributed by atoms with Gasteiger partial charge in [-0.25, -0.2) is 18.4 Å². The van der Waals surface area contributed by atoms with E-state index < -0.39 is 91.7 Å². The summed E-state index contributed by atoms with van der Waals surface area (Å²) >= 11 is 0. The Morgan fingerprint density at radius 1 is 0.843 bits per heavy atom. The maximum atomic E-state index is 12.9. The third-order valence-electron chi connectivity index (χ3n) is 10.5. The second kappa shape index (κ2) is 32.5. The first-order valence-corrected chi connectivity index (χ1v) is 23.7. The molecular formula is C46H74F2N6O16. The minimum absolute atomic E-state index is 0.130. The van der Waals surface area contributed by atoms with Crippen LogP contribution in [0.25, 0.3) is 0 Å². The van der Waals surface area contributed by atoms with Crippen LogP contribution in [-0.2, 0) is 67.1 Å². The number of nitrogens with zero attached hydrogens (tertiary/aromatic N) is 3. The lowest BCUT2D eigenvalue weighted by Crippen LogP contribution is -2.68. The van der Waals surface area contributed by atoms with Gasteiger partial charge in [-0.2, -0.15) is 0 Å². The molecule has 3 amide bonds. The minimum Gasteiger partial charge on any atom is -0.477 e. The standard InChI is InChI=1S/C46H74F2N6O16/c1-45(2,3)70-44(63)49-16-8-18-64-19-9-20-65-21-10-22-66-23-11-24-67-31-34-29-54(53-52-34)17-6-4-5-7-25-68-46(43(61)62)27-35(56)39(51-38(59)30-55)41(69-46)40(60)36(57)28-50-37(58)26-32-12-14-33(15-13-32)42(47)48/h12-15,29,35-36,39-42,55-57,60H,4-11,16-28,30-31H2,1-3H3,(H,49,63)(H,50,58)(H,51,59)(H,61,62)/t35-,36+,39+,40+,41+,46+/m0/s1. The highest BCUT2D eigenvalue weighted by Crippen LogP contribution is 2.34. The summed E-state index contributed by atoms with van der Waals surface area (Å²) < 4.78 is 66.6. The van der Waals surface area contributed by atoms with Crippen LogP contribution in [0, 0.1) is 0 Å². The summed E-state index contributed by atoms with van der Waals surface area (Å²) in [5, 5.41) is 68.2. The fourth-order valence-electron chi connectivity index (χ4n) is 6.97. The number of aliphatic carboxylic acids is 1. The third-order valence-corrected chi connectivity index (χ3v) is 10.5. The highest BCUT2D eigenvalue weighted by molar-refractivity contribution is 5.79. The van der Waals surface area contributed by atoms with Crippen molar-refractivity contribution < 1.29 is 86.6 Å². The van der Waals surface area contributed by atoms with Crippen molar-refractivity contribution in [2.75, 3.05) is 72.6 Å². The lowest BCUT2D eigenvalue weighted by molar-refractivity contribution is -0.310. The number of halogens is 2. The summed E-state index contributed by atoms with van der Waals surface area (Å²) in [5.74, 6) is -5.74. The molecule has 1 fully saturated rings. The molecule has 2 aromatic rings. The molecule has 1 aliphatic rings. The molecule has 0 radical (unpaired) electrons. The molecular weight excluding hydrogens is 931 g/mol. The number of unbranched alkanes of at least 4 members (excludes halogenated alkanes) is 3. The van der Waals surface area contributed by atoms with E-state index >= 15 is 0 Å². The van der Waals surface area contributed by atoms with Gasteiger partial charge >= 0.3 is 12.1 Å². The first kappa shape index (κ1) is 59.8. The van der Waals surface area contributed by atoms with Crippen LogP contribution < -0.4 is 16.0 Å². The number of alkyl carbamates (subject to hydrolysis) is 1. The Morgan fingerprint density at radius 2 is 1.46 bits per heavy atom. The normalized spacial score (nSPS) is 19.1. The maximum absolute atomic E-state index is 12.9. The van der Waals surface area contributed by atoms with E-state index in [1.165, 1.54) is 24.3 Å². The Kier molecular flexibility index (Phi) is 27.7. The summed E-state index contributed by atoms with van der Waals surface area (Å²) in [6.45, 7) is 9.05. The zero-order chi connectivity index (χ0) is 51.4. The Morgan fingerprint density at radius 3 is 2.06 bits per heavy atom. The number of benzene rings is 1. The summed E-state index contributed by atoms with van der Waals surface area (Å²) in [4.78, 5) is 48.8. The van der Waals surface area contributed by atoms with E-state index in [4.69, 9.17) is 33.2 Å². The predicted octanol–water partition coefficient (Wildman–Crippen LogP) is 1.93. The number of aliphatic hydroxyl groups excluding tert-OH is 4. The van der Waals surface area contributed by atoms with Crippen molar-refractivity contribution in [3.05, 3.63) is 47.3 Å². The zero-order valence-electron chi connectivity index (χ0n) is 40.4.